The number of benzene rings is 2. The summed E-state index contributed by atoms with van der Waals surface area (Å²) < 4.78 is 7.84. The summed E-state index contributed by atoms with van der Waals surface area (Å²) in [6.07, 6.45) is 6.95. The Bertz CT molecular complexity index is 1080. The number of carbonyl (C=O) groups excluding carboxylic acids is 2. The van der Waals surface area contributed by atoms with Crippen LogP contribution in [0.25, 0.3) is 10.9 Å². The summed E-state index contributed by atoms with van der Waals surface area (Å²) in [5.74, 6) is -0.143. The maximum absolute atomic E-state index is 13.3. The van der Waals surface area contributed by atoms with Crippen molar-refractivity contribution < 1.29 is 14.3 Å². The van der Waals surface area contributed by atoms with E-state index >= 15 is 0 Å². The van der Waals surface area contributed by atoms with E-state index in [-0.39, 0.29) is 5.91 Å². The largest absolute Gasteiger partial charge is 0.447 e. The number of likely N-dealkylation sites (tertiary alicyclic amines) is 1. The van der Waals surface area contributed by atoms with Crippen LogP contribution in [0.3, 0.4) is 0 Å². The molecule has 1 aliphatic heterocycles. The summed E-state index contributed by atoms with van der Waals surface area (Å²) in [6, 6.07) is 18.0. The van der Waals surface area contributed by atoms with Gasteiger partial charge in [-0.15, -0.1) is 0 Å². The Balaban J connectivity index is 1.48. The molecule has 1 saturated heterocycles. The van der Waals surface area contributed by atoms with E-state index in [0.29, 0.717) is 19.0 Å². The van der Waals surface area contributed by atoms with Crippen LogP contribution in [-0.2, 0) is 20.9 Å². The van der Waals surface area contributed by atoms with Crippen molar-refractivity contribution in [1.29, 1.82) is 0 Å². The second-order valence-electron chi connectivity index (χ2n) is 9.00. The van der Waals surface area contributed by atoms with Crippen molar-refractivity contribution in [3.05, 3.63) is 71.9 Å². The van der Waals surface area contributed by atoms with Gasteiger partial charge in [0.15, 0.2) is 0 Å². The van der Waals surface area contributed by atoms with E-state index in [1.165, 1.54) is 42.7 Å². The van der Waals surface area contributed by atoms with Crippen molar-refractivity contribution >= 4 is 22.8 Å². The zero-order valence-corrected chi connectivity index (χ0v) is 19.7. The number of fused-ring (bicyclic) bond motifs is 1. The molecule has 1 aliphatic rings. The Hall–Kier alpha value is -3.08. The summed E-state index contributed by atoms with van der Waals surface area (Å²) in [6.45, 7) is 5.98. The Kier molecular flexibility index (Phi) is 7.48. The first-order chi connectivity index (χ1) is 16.1. The number of piperidine rings is 1. The standard InChI is InChI=1S/C28H34N2O3/c1-3-4-10-17-30-20-25(24-13-8-9-14-26(24)30)22-15-18-29(19-16-22)28(32)27(33-21(2)31)23-11-6-5-7-12-23/h5-9,11-14,20,22,27H,3-4,10,15-19H2,1-2H3/t27-/m0/s1. The molecule has 0 radical (unpaired) electrons. The van der Waals surface area contributed by atoms with Crippen LogP contribution < -0.4 is 0 Å². The molecule has 5 nitrogen and oxygen atoms in total. The van der Waals surface area contributed by atoms with Crippen LogP contribution in [0.1, 0.15) is 69.1 Å². The molecule has 1 atom stereocenters. The number of aryl methyl sites for hydroxylation is 1. The fourth-order valence-corrected chi connectivity index (χ4v) is 4.95. The number of hydrogen-bond donors (Lipinski definition) is 0. The minimum absolute atomic E-state index is 0.128. The first-order valence-corrected chi connectivity index (χ1v) is 12.2. The molecular weight excluding hydrogens is 412 g/mol. The molecule has 0 N–H and O–H groups in total. The van der Waals surface area contributed by atoms with E-state index in [0.717, 1.165) is 24.9 Å². The molecule has 4 rings (SSSR count). The zero-order valence-electron chi connectivity index (χ0n) is 19.7. The highest BCUT2D eigenvalue weighted by Gasteiger charge is 2.32. The maximum atomic E-state index is 13.3. The highest BCUT2D eigenvalue weighted by Crippen LogP contribution is 2.35. The zero-order chi connectivity index (χ0) is 23.2. The van der Waals surface area contributed by atoms with Gasteiger partial charge in [0.2, 0.25) is 6.10 Å². The molecule has 0 aliphatic carbocycles. The van der Waals surface area contributed by atoms with E-state index in [9.17, 15) is 9.59 Å². The number of ether oxygens (including phenoxy) is 1. The number of amides is 1. The number of hydrogen-bond acceptors (Lipinski definition) is 3. The van der Waals surface area contributed by atoms with E-state index in [2.05, 4.69) is 42.0 Å². The van der Waals surface area contributed by atoms with Gasteiger partial charge in [-0.3, -0.25) is 9.59 Å². The third-order valence-corrected chi connectivity index (χ3v) is 6.68. The third-order valence-electron chi connectivity index (χ3n) is 6.68. The molecule has 1 aromatic heterocycles. The minimum atomic E-state index is -0.874. The van der Waals surface area contributed by atoms with Crippen molar-refractivity contribution in [2.24, 2.45) is 0 Å². The summed E-state index contributed by atoms with van der Waals surface area (Å²) in [7, 11) is 0. The fourth-order valence-electron chi connectivity index (χ4n) is 4.95. The Labute approximate surface area is 196 Å². The number of rotatable bonds is 8. The van der Waals surface area contributed by atoms with Gasteiger partial charge in [-0.25, -0.2) is 0 Å². The van der Waals surface area contributed by atoms with E-state index in [1.54, 1.807) is 0 Å². The van der Waals surface area contributed by atoms with Crippen LogP contribution in [0.5, 0.6) is 0 Å². The normalized spacial score (nSPS) is 15.5. The molecule has 0 bridgehead atoms. The summed E-state index contributed by atoms with van der Waals surface area (Å²) in [4.78, 5) is 26.8. The van der Waals surface area contributed by atoms with E-state index < -0.39 is 12.1 Å². The molecule has 2 aromatic carbocycles. The van der Waals surface area contributed by atoms with Crippen LogP contribution in [0, 0.1) is 0 Å². The molecule has 3 aromatic rings. The molecule has 1 fully saturated rings. The van der Waals surface area contributed by atoms with Crippen molar-refractivity contribution in [3.63, 3.8) is 0 Å². The van der Waals surface area contributed by atoms with E-state index in [1.807, 2.05) is 35.2 Å². The topological polar surface area (TPSA) is 51.5 Å². The van der Waals surface area contributed by atoms with Crippen LogP contribution in [0.2, 0.25) is 0 Å². The lowest BCUT2D eigenvalue weighted by Crippen LogP contribution is -2.41. The minimum Gasteiger partial charge on any atom is -0.447 e. The Morgan fingerprint density at radius 2 is 1.70 bits per heavy atom. The molecule has 2 heterocycles. The van der Waals surface area contributed by atoms with E-state index in [4.69, 9.17) is 4.74 Å². The predicted octanol–water partition coefficient (Wildman–Crippen LogP) is 5.84. The molecule has 1 amide bonds. The summed E-state index contributed by atoms with van der Waals surface area (Å²) in [5, 5.41) is 1.33. The molecule has 5 heteroatoms. The second kappa shape index (κ2) is 10.7. The lowest BCUT2D eigenvalue weighted by Gasteiger charge is -2.34. The first kappa shape index (κ1) is 23.1. The van der Waals surface area contributed by atoms with Crippen molar-refractivity contribution in [2.45, 2.75) is 64.5 Å². The average molecular weight is 447 g/mol. The summed E-state index contributed by atoms with van der Waals surface area (Å²) >= 11 is 0. The maximum Gasteiger partial charge on any atom is 0.303 e. The molecule has 0 saturated carbocycles. The summed E-state index contributed by atoms with van der Waals surface area (Å²) in [5.41, 5.74) is 3.42. The Morgan fingerprint density at radius 3 is 2.39 bits per heavy atom. The van der Waals surface area contributed by atoms with Crippen molar-refractivity contribution in [1.82, 2.24) is 9.47 Å². The van der Waals surface area contributed by atoms with Gasteiger partial charge in [0, 0.05) is 49.2 Å². The molecule has 0 spiro atoms. The number of nitrogens with zero attached hydrogens (tertiary/aromatic N) is 2. The first-order valence-electron chi connectivity index (χ1n) is 12.2. The van der Waals surface area contributed by atoms with Gasteiger partial charge >= 0.3 is 5.97 Å². The smallest absolute Gasteiger partial charge is 0.303 e. The second-order valence-corrected chi connectivity index (χ2v) is 9.00. The van der Waals surface area contributed by atoms with Gasteiger partial charge in [0.05, 0.1) is 0 Å². The average Bonchev–Trinajstić information content (AvgIpc) is 3.21. The lowest BCUT2D eigenvalue weighted by molar-refractivity contribution is -0.159. The van der Waals surface area contributed by atoms with Gasteiger partial charge in [-0.1, -0.05) is 68.3 Å². The van der Waals surface area contributed by atoms with Gasteiger partial charge < -0.3 is 14.2 Å². The lowest BCUT2D eigenvalue weighted by atomic mass is 9.89. The number of esters is 1. The number of aromatic nitrogens is 1. The van der Waals surface area contributed by atoms with Crippen LogP contribution in [0.4, 0.5) is 0 Å². The van der Waals surface area contributed by atoms with Gasteiger partial charge in [0.25, 0.3) is 5.91 Å². The van der Waals surface area contributed by atoms with Crippen LogP contribution in [0.15, 0.2) is 60.8 Å². The SMILES string of the molecule is CCCCCn1cc(C2CCN(C(=O)[C@@H](OC(C)=O)c3ccccc3)CC2)c2ccccc21. The number of unbranched alkanes of at least 4 members (excludes halogenated alkanes) is 2. The Morgan fingerprint density at radius 1 is 1.00 bits per heavy atom. The monoisotopic (exact) mass is 446 g/mol. The molecular formula is C28H34N2O3. The quantitative estimate of drug-likeness (QED) is 0.323. The molecule has 174 valence electrons. The van der Waals surface area contributed by atoms with Crippen molar-refractivity contribution in [3.8, 4) is 0 Å². The van der Waals surface area contributed by atoms with Gasteiger partial charge in [0.1, 0.15) is 0 Å². The third kappa shape index (κ3) is 5.29. The van der Waals surface area contributed by atoms with Gasteiger partial charge in [-0.05, 0) is 36.8 Å². The predicted molar refractivity (Wildman–Crippen MR) is 131 cm³/mol. The number of carbonyl (C=O) groups is 2. The highest BCUT2D eigenvalue weighted by atomic mass is 16.5. The molecule has 0 unspecified atom stereocenters. The number of para-hydroxylation sites is 1. The highest BCUT2D eigenvalue weighted by molar-refractivity contribution is 5.86. The molecule has 33 heavy (non-hydrogen) atoms. The van der Waals surface area contributed by atoms with Crippen LogP contribution >= 0.6 is 0 Å². The van der Waals surface area contributed by atoms with Gasteiger partial charge in [-0.2, -0.15) is 0 Å². The van der Waals surface area contributed by atoms with Crippen molar-refractivity contribution in [2.75, 3.05) is 13.1 Å². The fraction of sp³-hybridized carbons (Fsp3) is 0.429. The van der Waals surface area contributed by atoms with Crippen LogP contribution in [-0.4, -0.2) is 34.4 Å².